The zero-order valence-electron chi connectivity index (χ0n) is 21.5. The molecule has 2 aliphatic rings. The zero-order valence-corrected chi connectivity index (χ0v) is 22.3. The van der Waals surface area contributed by atoms with Crippen LogP contribution in [-0.4, -0.2) is 74.1 Å². The summed E-state index contributed by atoms with van der Waals surface area (Å²) in [6.07, 6.45) is 0. The number of nitrogens with two attached hydrogens (primary N) is 1. The average Bonchev–Trinajstić information content (AvgIpc) is 3.23. The number of amides is 2. The highest BCUT2D eigenvalue weighted by Gasteiger charge is 2.35. The van der Waals surface area contributed by atoms with Gasteiger partial charge in [0.1, 0.15) is 5.92 Å². The minimum atomic E-state index is -0.599. The van der Waals surface area contributed by atoms with Crippen molar-refractivity contribution in [3.8, 4) is 0 Å². The minimum absolute atomic E-state index is 0.0135. The highest BCUT2D eigenvalue weighted by Crippen LogP contribution is 2.38. The van der Waals surface area contributed by atoms with E-state index in [1.165, 1.54) is 0 Å². The van der Waals surface area contributed by atoms with Gasteiger partial charge in [0.25, 0.3) is 0 Å². The summed E-state index contributed by atoms with van der Waals surface area (Å²) >= 11 is 6.16. The van der Waals surface area contributed by atoms with Crippen LogP contribution in [0.2, 0.25) is 5.02 Å². The lowest BCUT2D eigenvalue weighted by molar-refractivity contribution is -0.120. The second-order valence-electron chi connectivity index (χ2n) is 9.79. The van der Waals surface area contributed by atoms with Gasteiger partial charge in [-0.2, -0.15) is 0 Å². The Balaban J connectivity index is 1.43. The second kappa shape index (κ2) is 10.9. The maximum atomic E-state index is 13.1. The highest BCUT2D eigenvalue weighted by atomic mass is 35.5. The molecular weight excluding hydrogens is 500 g/mol. The molecule has 0 radical (unpaired) electrons. The summed E-state index contributed by atoms with van der Waals surface area (Å²) in [6, 6.07) is 20.4. The van der Waals surface area contributed by atoms with Crippen molar-refractivity contribution in [1.82, 2.24) is 9.80 Å². The average molecular weight is 531 g/mol. The number of likely N-dealkylation sites (N-methyl/N-ethyl adjacent to an activating group) is 2. The number of hydrogen-bond acceptors (Lipinski definition) is 6. The van der Waals surface area contributed by atoms with Crippen molar-refractivity contribution < 1.29 is 9.59 Å². The van der Waals surface area contributed by atoms with E-state index in [0.29, 0.717) is 40.0 Å². The maximum Gasteiger partial charge on any atom is 0.240 e. The first-order valence-electron chi connectivity index (χ1n) is 12.6. The minimum Gasteiger partial charge on any atom is -0.397 e. The van der Waals surface area contributed by atoms with Crippen molar-refractivity contribution in [2.45, 2.75) is 5.92 Å². The Hall–Kier alpha value is -3.72. The number of nitrogen functional groups attached to an aromatic ring is 1. The van der Waals surface area contributed by atoms with Crippen LogP contribution in [-0.2, 0) is 9.59 Å². The van der Waals surface area contributed by atoms with Gasteiger partial charge < -0.3 is 20.9 Å². The molecule has 1 atom stereocenters. The molecule has 9 heteroatoms. The molecule has 8 nitrogen and oxygen atoms in total. The fourth-order valence-electron chi connectivity index (χ4n) is 4.90. The van der Waals surface area contributed by atoms with Crippen LogP contribution in [0, 0.1) is 0 Å². The summed E-state index contributed by atoms with van der Waals surface area (Å²) in [5, 5.41) is 3.48. The lowest BCUT2D eigenvalue weighted by Crippen LogP contribution is -2.48. The van der Waals surface area contributed by atoms with E-state index in [9.17, 15) is 9.59 Å². The molecule has 1 unspecified atom stereocenters. The Bertz CT molecular complexity index is 1390. The Morgan fingerprint density at radius 1 is 1.08 bits per heavy atom. The predicted molar refractivity (Wildman–Crippen MR) is 154 cm³/mol. The van der Waals surface area contributed by atoms with Crippen molar-refractivity contribution >= 4 is 51.9 Å². The number of rotatable bonds is 6. The lowest BCUT2D eigenvalue weighted by atomic mass is 9.90. The Morgan fingerprint density at radius 2 is 1.82 bits per heavy atom. The van der Waals surface area contributed by atoms with Crippen molar-refractivity contribution in [3.05, 3.63) is 82.9 Å². The first-order valence-corrected chi connectivity index (χ1v) is 13.0. The Labute approximate surface area is 227 Å². The number of aliphatic imine (C=N–C) groups is 1. The van der Waals surface area contributed by atoms with Gasteiger partial charge in [-0.15, -0.1) is 0 Å². The second-order valence-corrected chi connectivity index (χ2v) is 10.2. The summed E-state index contributed by atoms with van der Waals surface area (Å²) in [4.78, 5) is 37.0. The molecule has 0 aromatic heterocycles. The van der Waals surface area contributed by atoms with Crippen molar-refractivity contribution in [2.24, 2.45) is 4.99 Å². The molecule has 2 aliphatic heterocycles. The van der Waals surface area contributed by atoms with Gasteiger partial charge in [0.15, 0.2) is 0 Å². The first kappa shape index (κ1) is 25.9. The van der Waals surface area contributed by atoms with Crippen molar-refractivity contribution in [2.75, 3.05) is 62.8 Å². The molecular formula is C29H31ClN6O2. The van der Waals surface area contributed by atoms with E-state index in [1.54, 1.807) is 36.2 Å². The highest BCUT2D eigenvalue weighted by molar-refractivity contribution is 6.31. The topological polar surface area (TPSA) is 94.3 Å². The summed E-state index contributed by atoms with van der Waals surface area (Å²) < 4.78 is 0. The fraction of sp³-hybridized carbons (Fsp3) is 0.276. The van der Waals surface area contributed by atoms with E-state index in [4.69, 9.17) is 22.3 Å². The molecule has 1 fully saturated rings. The Morgan fingerprint density at radius 3 is 2.53 bits per heavy atom. The van der Waals surface area contributed by atoms with Crippen molar-refractivity contribution in [1.29, 1.82) is 0 Å². The van der Waals surface area contributed by atoms with Crippen LogP contribution < -0.4 is 16.0 Å². The predicted octanol–water partition coefficient (Wildman–Crippen LogP) is 3.99. The molecule has 3 N–H and O–H groups in total. The van der Waals surface area contributed by atoms with Crippen LogP contribution in [0.5, 0.6) is 0 Å². The number of piperazine rings is 1. The SMILES string of the molecule is CN1CCN(CC(=O)N(C)c2ccc(N=C(c3ccccc3)C3C(=O)Nc4cc(Cl)ccc43)cc2N)CC1. The molecule has 5 rings (SSSR count). The van der Waals surface area contributed by atoms with Gasteiger partial charge in [-0.1, -0.05) is 48.0 Å². The van der Waals surface area contributed by atoms with E-state index in [-0.39, 0.29) is 11.8 Å². The molecule has 196 valence electrons. The van der Waals surface area contributed by atoms with Crippen molar-refractivity contribution in [3.63, 3.8) is 0 Å². The van der Waals surface area contributed by atoms with Gasteiger partial charge in [-0.3, -0.25) is 19.5 Å². The normalized spacial score (nSPS) is 18.2. The summed E-state index contributed by atoms with van der Waals surface area (Å²) in [7, 11) is 3.83. The number of anilines is 3. The van der Waals surface area contributed by atoms with Gasteiger partial charge in [0.2, 0.25) is 11.8 Å². The number of carbonyl (C=O) groups excluding carboxylic acids is 2. The van der Waals surface area contributed by atoms with Gasteiger partial charge in [-0.05, 0) is 48.5 Å². The summed E-state index contributed by atoms with van der Waals surface area (Å²) in [5.41, 5.74) is 11.0. The number of benzene rings is 3. The van der Waals surface area contributed by atoms with E-state index >= 15 is 0 Å². The first-order chi connectivity index (χ1) is 18.3. The Kier molecular flexibility index (Phi) is 7.46. The maximum absolute atomic E-state index is 13.1. The number of hydrogen-bond donors (Lipinski definition) is 2. The molecule has 0 aliphatic carbocycles. The number of nitrogens with zero attached hydrogens (tertiary/aromatic N) is 4. The number of carbonyl (C=O) groups is 2. The van der Waals surface area contributed by atoms with Gasteiger partial charge >= 0.3 is 0 Å². The van der Waals surface area contributed by atoms with Gasteiger partial charge in [0.05, 0.1) is 29.3 Å². The molecule has 1 saturated heterocycles. The molecule has 2 amide bonds. The van der Waals surface area contributed by atoms with Crippen LogP contribution in [0.25, 0.3) is 0 Å². The molecule has 3 aromatic carbocycles. The molecule has 38 heavy (non-hydrogen) atoms. The fourth-order valence-corrected chi connectivity index (χ4v) is 5.08. The van der Waals surface area contributed by atoms with Crippen LogP contribution in [0.4, 0.5) is 22.7 Å². The summed E-state index contributed by atoms with van der Waals surface area (Å²) in [5.74, 6) is -0.775. The number of nitrogens with one attached hydrogen (secondary N) is 1. The van der Waals surface area contributed by atoms with Gasteiger partial charge in [0, 0.05) is 43.9 Å². The van der Waals surface area contributed by atoms with E-state index in [2.05, 4.69) is 22.2 Å². The van der Waals surface area contributed by atoms with Crippen LogP contribution >= 0.6 is 11.6 Å². The van der Waals surface area contributed by atoms with Crippen LogP contribution in [0.15, 0.2) is 71.7 Å². The van der Waals surface area contributed by atoms with E-state index in [0.717, 1.165) is 37.3 Å². The third-order valence-corrected chi connectivity index (χ3v) is 7.38. The number of halogens is 1. The zero-order chi connectivity index (χ0) is 26.8. The molecule has 2 heterocycles. The van der Waals surface area contributed by atoms with E-state index in [1.807, 2.05) is 42.5 Å². The summed E-state index contributed by atoms with van der Waals surface area (Å²) in [6.45, 7) is 3.98. The molecule has 3 aromatic rings. The van der Waals surface area contributed by atoms with Gasteiger partial charge in [-0.25, -0.2) is 0 Å². The largest absolute Gasteiger partial charge is 0.397 e. The van der Waals surface area contributed by atoms with Crippen LogP contribution in [0.1, 0.15) is 17.0 Å². The standard InChI is InChI=1S/C29H31ClN6O2/c1-34-12-14-36(15-13-34)18-26(37)35(2)25-11-9-21(17-23(25)31)32-28(19-6-4-3-5-7-19)27-22-10-8-20(30)16-24(22)33-29(27)38/h3-11,16-17,27H,12-15,18,31H2,1-2H3,(H,33,38). The third kappa shape index (κ3) is 5.43. The third-order valence-electron chi connectivity index (χ3n) is 7.14. The molecule has 0 spiro atoms. The molecule has 0 bridgehead atoms. The quantitative estimate of drug-likeness (QED) is 0.371. The monoisotopic (exact) mass is 530 g/mol. The van der Waals surface area contributed by atoms with Crippen LogP contribution in [0.3, 0.4) is 0 Å². The van der Waals surface area contributed by atoms with E-state index < -0.39 is 5.92 Å². The molecule has 0 saturated carbocycles. The number of fused-ring (bicyclic) bond motifs is 1. The smallest absolute Gasteiger partial charge is 0.240 e. The lowest BCUT2D eigenvalue weighted by Gasteiger charge is -2.33.